The van der Waals surface area contributed by atoms with Crippen molar-refractivity contribution in [2.24, 2.45) is 0 Å². The number of rotatable bonds is 2. The topological polar surface area (TPSA) is 64.6 Å². The fourth-order valence-corrected chi connectivity index (χ4v) is 1.62. The molecule has 1 amide bonds. The standard InChI is InChI=1S/C9H15NO4/c1-13-7-4-3-6(5-7)10-8(11)9(12)14-2/h6-7H,3-5H2,1-2H3,(H,10,11). The van der Waals surface area contributed by atoms with Gasteiger partial charge in [-0.05, 0) is 19.3 Å². The molecule has 80 valence electrons. The van der Waals surface area contributed by atoms with E-state index < -0.39 is 11.9 Å². The van der Waals surface area contributed by atoms with E-state index in [1.165, 1.54) is 7.11 Å². The molecule has 1 fully saturated rings. The van der Waals surface area contributed by atoms with Gasteiger partial charge < -0.3 is 14.8 Å². The lowest BCUT2D eigenvalue weighted by Gasteiger charge is -2.11. The third kappa shape index (κ3) is 2.70. The summed E-state index contributed by atoms with van der Waals surface area (Å²) in [5, 5.41) is 2.60. The van der Waals surface area contributed by atoms with Gasteiger partial charge in [-0.1, -0.05) is 0 Å². The molecule has 0 bridgehead atoms. The average molecular weight is 201 g/mol. The van der Waals surface area contributed by atoms with E-state index in [1.54, 1.807) is 7.11 Å². The summed E-state index contributed by atoms with van der Waals surface area (Å²) < 4.78 is 9.44. The minimum atomic E-state index is -0.842. The zero-order chi connectivity index (χ0) is 10.6. The highest BCUT2D eigenvalue weighted by Crippen LogP contribution is 2.21. The molecule has 1 aliphatic rings. The van der Waals surface area contributed by atoms with Crippen molar-refractivity contribution < 1.29 is 19.1 Å². The number of nitrogens with one attached hydrogen (secondary N) is 1. The number of hydrogen-bond donors (Lipinski definition) is 1. The summed E-state index contributed by atoms with van der Waals surface area (Å²) in [5.74, 6) is -1.51. The SMILES string of the molecule is COC(=O)C(=O)NC1CCC(OC)C1. The van der Waals surface area contributed by atoms with Crippen LogP contribution in [0.25, 0.3) is 0 Å². The molecule has 0 aromatic carbocycles. The smallest absolute Gasteiger partial charge is 0.396 e. The van der Waals surface area contributed by atoms with Crippen molar-refractivity contribution in [3.05, 3.63) is 0 Å². The Balaban J connectivity index is 2.32. The number of hydrogen-bond acceptors (Lipinski definition) is 4. The van der Waals surface area contributed by atoms with Gasteiger partial charge in [0.05, 0.1) is 13.2 Å². The predicted molar refractivity (Wildman–Crippen MR) is 48.6 cm³/mol. The van der Waals surface area contributed by atoms with Crippen molar-refractivity contribution in [2.75, 3.05) is 14.2 Å². The van der Waals surface area contributed by atoms with Gasteiger partial charge in [-0.2, -0.15) is 0 Å². The molecule has 0 radical (unpaired) electrons. The monoisotopic (exact) mass is 201 g/mol. The third-order valence-electron chi connectivity index (χ3n) is 2.42. The summed E-state index contributed by atoms with van der Waals surface area (Å²) >= 11 is 0. The number of ether oxygens (including phenoxy) is 2. The molecule has 1 N–H and O–H groups in total. The number of amides is 1. The van der Waals surface area contributed by atoms with Gasteiger partial charge >= 0.3 is 11.9 Å². The summed E-state index contributed by atoms with van der Waals surface area (Å²) in [7, 11) is 2.84. The number of carbonyl (C=O) groups excluding carboxylic acids is 2. The second kappa shape index (κ2) is 4.95. The van der Waals surface area contributed by atoms with Gasteiger partial charge in [0.2, 0.25) is 0 Å². The Kier molecular flexibility index (Phi) is 3.88. The van der Waals surface area contributed by atoms with Crippen LogP contribution in [0.1, 0.15) is 19.3 Å². The van der Waals surface area contributed by atoms with Gasteiger partial charge in [0.25, 0.3) is 0 Å². The van der Waals surface area contributed by atoms with E-state index in [4.69, 9.17) is 4.74 Å². The van der Waals surface area contributed by atoms with Crippen LogP contribution in [0.4, 0.5) is 0 Å². The van der Waals surface area contributed by atoms with Crippen LogP contribution in [0.3, 0.4) is 0 Å². The maximum atomic E-state index is 11.1. The van der Waals surface area contributed by atoms with E-state index in [0.717, 1.165) is 19.3 Å². The highest BCUT2D eigenvalue weighted by molar-refractivity contribution is 6.32. The van der Waals surface area contributed by atoms with Crippen LogP contribution >= 0.6 is 0 Å². The third-order valence-corrected chi connectivity index (χ3v) is 2.42. The average Bonchev–Trinajstić information content (AvgIpc) is 2.64. The second-order valence-electron chi connectivity index (χ2n) is 3.33. The van der Waals surface area contributed by atoms with E-state index in [1.807, 2.05) is 0 Å². The van der Waals surface area contributed by atoms with Crippen molar-refractivity contribution in [1.29, 1.82) is 0 Å². The molecule has 14 heavy (non-hydrogen) atoms. The first-order chi connectivity index (χ1) is 6.67. The van der Waals surface area contributed by atoms with Gasteiger partial charge in [-0.15, -0.1) is 0 Å². The van der Waals surface area contributed by atoms with E-state index >= 15 is 0 Å². The Morgan fingerprint density at radius 3 is 2.50 bits per heavy atom. The summed E-state index contributed by atoms with van der Waals surface area (Å²) in [4.78, 5) is 21.9. The van der Waals surface area contributed by atoms with Crippen LogP contribution in [0, 0.1) is 0 Å². The molecule has 2 atom stereocenters. The molecule has 1 rings (SSSR count). The lowest BCUT2D eigenvalue weighted by atomic mass is 10.2. The second-order valence-corrected chi connectivity index (χ2v) is 3.33. The van der Waals surface area contributed by atoms with E-state index in [9.17, 15) is 9.59 Å². The summed E-state index contributed by atoms with van der Waals surface area (Å²) in [6.07, 6.45) is 2.72. The van der Waals surface area contributed by atoms with Gasteiger partial charge in [-0.25, -0.2) is 4.79 Å². The molecule has 1 saturated carbocycles. The van der Waals surface area contributed by atoms with E-state index in [2.05, 4.69) is 10.1 Å². The molecular formula is C9H15NO4. The Morgan fingerprint density at radius 1 is 1.29 bits per heavy atom. The van der Waals surface area contributed by atoms with Crippen molar-refractivity contribution in [3.8, 4) is 0 Å². The van der Waals surface area contributed by atoms with Crippen LogP contribution in [0.5, 0.6) is 0 Å². The van der Waals surface area contributed by atoms with Crippen LogP contribution in [0.2, 0.25) is 0 Å². The molecular weight excluding hydrogens is 186 g/mol. The lowest BCUT2D eigenvalue weighted by Crippen LogP contribution is -2.38. The number of methoxy groups -OCH3 is 2. The molecule has 0 heterocycles. The molecule has 0 spiro atoms. The minimum Gasteiger partial charge on any atom is -0.462 e. The molecule has 2 unspecified atom stereocenters. The maximum absolute atomic E-state index is 11.1. The van der Waals surface area contributed by atoms with Crippen molar-refractivity contribution in [3.63, 3.8) is 0 Å². The van der Waals surface area contributed by atoms with Crippen LogP contribution in [-0.2, 0) is 19.1 Å². The van der Waals surface area contributed by atoms with Crippen LogP contribution < -0.4 is 5.32 Å². The molecule has 1 aliphatic carbocycles. The van der Waals surface area contributed by atoms with Crippen molar-refractivity contribution >= 4 is 11.9 Å². The molecule has 0 aromatic heterocycles. The molecule has 0 aliphatic heterocycles. The first-order valence-corrected chi connectivity index (χ1v) is 4.59. The molecule has 5 nitrogen and oxygen atoms in total. The molecule has 0 saturated heterocycles. The fraction of sp³-hybridized carbons (Fsp3) is 0.778. The first-order valence-electron chi connectivity index (χ1n) is 4.59. The fourth-order valence-electron chi connectivity index (χ4n) is 1.62. The Hall–Kier alpha value is -1.10. The van der Waals surface area contributed by atoms with Crippen LogP contribution in [0.15, 0.2) is 0 Å². The van der Waals surface area contributed by atoms with Gasteiger partial charge in [-0.3, -0.25) is 4.79 Å². The zero-order valence-corrected chi connectivity index (χ0v) is 8.41. The zero-order valence-electron chi connectivity index (χ0n) is 8.41. The maximum Gasteiger partial charge on any atom is 0.396 e. The molecule has 0 aromatic rings. The summed E-state index contributed by atoms with van der Waals surface area (Å²) in [6, 6.07) is 0.0338. The lowest BCUT2D eigenvalue weighted by molar-refractivity contribution is -0.153. The minimum absolute atomic E-state index is 0.0338. The van der Waals surface area contributed by atoms with Gasteiger partial charge in [0.1, 0.15) is 0 Å². The normalized spacial score (nSPS) is 25.9. The van der Waals surface area contributed by atoms with Crippen molar-refractivity contribution in [2.45, 2.75) is 31.4 Å². The first kappa shape index (κ1) is 11.0. The van der Waals surface area contributed by atoms with Gasteiger partial charge in [0, 0.05) is 13.2 Å². The Morgan fingerprint density at radius 2 is 2.00 bits per heavy atom. The highest BCUT2D eigenvalue weighted by atomic mass is 16.5. The number of carbonyl (C=O) groups is 2. The highest BCUT2D eigenvalue weighted by Gasteiger charge is 2.27. The van der Waals surface area contributed by atoms with Gasteiger partial charge in [0.15, 0.2) is 0 Å². The van der Waals surface area contributed by atoms with E-state index in [-0.39, 0.29) is 12.1 Å². The van der Waals surface area contributed by atoms with E-state index in [0.29, 0.717) is 0 Å². The predicted octanol–water partition coefficient (Wildman–Crippen LogP) is -0.157. The Labute approximate surface area is 82.8 Å². The quantitative estimate of drug-likeness (QED) is 0.498. The molecule has 5 heteroatoms. The number of esters is 1. The Bertz CT molecular complexity index is 229. The summed E-state index contributed by atoms with van der Waals surface area (Å²) in [5.41, 5.74) is 0. The van der Waals surface area contributed by atoms with Crippen molar-refractivity contribution in [1.82, 2.24) is 5.32 Å². The van der Waals surface area contributed by atoms with Crippen LogP contribution in [-0.4, -0.2) is 38.2 Å². The largest absolute Gasteiger partial charge is 0.462 e. The summed E-state index contributed by atoms with van der Waals surface area (Å²) in [6.45, 7) is 0.